The third-order valence-corrected chi connectivity index (χ3v) is 3.83. The van der Waals surface area contributed by atoms with Gasteiger partial charge >= 0.3 is 12.1 Å². The maximum atomic E-state index is 12.1. The fourth-order valence-corrected chi connectivity index (χ4v) is 2.70. The molecule has 0 spiro atoms. The smallest absolute Gasteiger partial charge is 0.401 e. The van der Waals surface area contributed by atoms with Gasteiger partial charge in [0.15, 0.2) is 9.84 Å². The van der Waals surface area contributed by atoms with E-state index in [1.54, 1.807) is 6.92 Å². The highest BCUT2D eigenvalue weighted by Gasteiger charge is 2.31. The van der Waals surface area contributed by atoms with Gasteiger partial charge in [-0.1, -0.05) is 6.92 Å². The van der Waals surface area contributed by atoms with Gasteiger partial charge in [-0.2, -0.15) is 13.2 Å². The Hall–Kier alpha value is -0.830. The van der Waals surface area contributed by atoms with Gasteiger partial charge in [0.2, 0.25) is 0 Å². The molecule has 0 amide bonds. The minimum atomic E-state index is -4.55. The summed E-state index contributed by atoms with van der Waals surface area (Å²) in [5.74, 6) is -2.00. The molecular weight excluding hydrogens is 275 g/mol. The SMILES string of the molecule is CCCS(=O)(=O)CCN(CC(=O)O)CC(F)(F)F. The van der Waals surface area contributed by atoms with E-state index in [0.717, 1.165) is 0 Å². The molecule has 0 atom stereocenters. The molecule has 0 saturated heterocycles. The van der Waals surface area contributed by atoms with Crippen molar-refractivity contribution in [3.05, 3.63) is 0 Å². The molecule has 0 unspecified atom stereocenters. The molecule has 0 heterocycles. The number of sulfone groups is 1. The molecule has 0 aromatic carbocycles. The summed E-state index contributed by atoms with van der Waals surface area (Å²) in [6.45, 7) is -1.06. The third-order valence-electron chi connectivity index (χ3n) is 2.00. The molecule has 0 fully saturated rings. The van der Waals surface area contributed by atoms with Crippen molar-refractivity contribution in [1.82, 2.24) is 4.90 Å². The lowest BCUT2D eigenvalue weighted by atomic mass is 10.4. The Balaban J connectivity index is 4.46. The van der Waals surface area contributed by atoms with Crippen LogP contribution in [0.25, 0.3) is 0 Å². The standard InChI is InChI=1S/C9H16F3NO4S/c1-2-4-18(16,17)5-3-13(6-8(14)15)7-9(10,11)12/h2-7H2,1H3,(H,14,15). The van der Waals surface area contributed by atoms with Crippen molar-refractivity contribution in [1.29, 1.82) is 0 Å². The fourth-order valence-electron chi connectivity index (χ4n) is 1.34. The van der Waals surface area contributed by atoms with E-state index in [1.165, 1.54) is 0 Å². The van der Waals surface area contributed by atoms with Crippen LogP contribution in [0.15, 0.2) is 0 Å². The second-order valence-corrected chi connectivity index (χ2v) is 6.18. The van der Waals surface area contributed by atoms with Crippen LogP contribution in [0, 0.1) is 0 Å². The summed E-state index contributed by atoms with van der Waals surface area (Å²) >= 11 is 0. The number of aliphatic carboxylic acids is 1. The highest BCUT2D eigenvalue weighted by molar-refractivity contribution is 7.91. The van der Waals surface area contributed by atoms with Crippen molar-refractivity contribution in [3.8, 4) is 0 Å². The minimum Gasteiger partial charge on any atom is -0.480 e. The van der Waals surface area contributed by atoms with Crippen molar-refractivity contribution in [2.24, 2.45) is 0 Å². The Morgan fingerprint density at radius 2 is 1.83 bits per heavy atom. The van der Waals surface area contributed by atoms with E-state index in [4.69, 9.17) is 5.11 Å². The van der Waals surface area contributed by atoms with E-state index < -0.39 is 47.4 Å². The number of rotatable bonds is 8. The van der Waals surface area contributed by atoms with Gasteiger partial charge in [-0.25, -0.2) is 8.42 Å². The first-order valence-corrected chi connectivity index (χ1v) is 7.09. The van der Waals surface area contributed by atoms with Gasteiger partial charge in [0.05, 0.1) is 18.8 Å². The lowest BCUT2D eigenvalue weighted by Crippen LogP contribution is -2.40. The van der Waals surface area contributed by atoms with Crippen LogP contribution < -0.4 is 0 Å². The number of alkyl halides is 3. The molecule has 0 aliphatic rings. The predicted octanol–water partition coefficient (Wildman–Crippen LogP) is 0.760. The number of carboxylic acids is 1. The van der Waals surface area contributed by atoms with Crippen molar-refractivity contribution in [3.63, 3.8) is 0 Å². The molecule has 1 N–H and O–H groups in total. The Bertz CT molecular complexity index is 366. The first kappa shape index (κ1) is 17.2. The maximum absolute atomic E-state index is 12.1. The van der Waals surface area contributed by atoms with Crippen LogP contribution in [0.5, 0.6) is 0 Å². The zero-order valence-corrected chi connectivity index (χ0v) is 10.7. The molecule has 0 radical (unpaired) electrons. The van der Waals surface area contributed by atoms with E-state index in [9.17, 15) is 26.4 Å². The van der Waals surface area contributed by atoms with Crippen molar-refractivity contribution >= 4 is 15.8 Å². The summed E-state index contributed by atoms with van der Waals surface area (Å²) in [6.07, 6.45) is -4.18. The Labute approximate surface area is 103 Å². The zero-order valence-electron chi connectivity index (χ0n) is 9.90. The molecule has 0 aromatic heterocycles. The molecule has 18 heavy (non-hydrogen) atoms. The molecule has 0 aromatic rings. The second-order valence-electron chi connectivity index (χ2n) is 3.87. The first-order valence-electron chi connectivity index (χ1n) is 5.27. The molecule has 9 heteroatoms. The lowest BCUT2D eigenvalue weighted by Gasteiger charge is -2.21. The number of carboxylic acid groups (broad SMARTS) is 1. The molecule has 0 aliphatic carbocycles. The monoisotopic (exact) mass is 291 g/mol. The Morgan fingerprint density at radius 3 is 2.22 bits per heavy atom. The van der Waals surface area contributed by atoms with E-state index >= 15 is 0 Å². The molecule has 0 aliphatic heterocycles. The Kier molecular flexibility index (Phi) is 6.61. The molecule has 108 valence electrons. The molecule has 5 nitrogen and oxygen atoms in total. The first-order chi connectivity index (χ1) is 8.06. The maximum Gasteiger partial charge on any atom is 0.401 e. The summed E-state index contributed by atoms with van der Waals surface area (Å²) < 4.78 is 59.1. The zero-order chi connectivity index (χ0) is 14.4. The van der Waals surface area contributed by atoms with Crippen LogP contribution in [-0.4, -0.2) is 61.7 Å². The van der Waals surface area contributed by atoms with Crippen LogP contribution in [0.1, 0.15) is 13.3 Å². The van der Waals surface area contributed by atoms with Gasteiger partial charge < -0.3 is 5.11 Å². The van der Waals surface area contributed by atoms with Crippen molar-refractivity contribution in [2.75, 3.05) is 31.1 Å². The van der Waals surface area contributed by atoms with E-state index in [-0.39, 0.29) is 5.75 Å². The summed E-state index contributed by atoms with van der Waals surface area (Å²) in [6, 6.07) is 0. The van der Waals surface area contributed by atoms with Crippen LogP contribution in [0.3, 0.4) is 0 Å². The van der Waals surface area contributed by atoms with Crippen LogP contribution >= 0.6 is 0 Å². The summed E-state index contributed by atoms with van der Waals surface area (Å²) in [4.78, 5) is 11.0. The van der Waals surface area contributed by atoms with Gasteiger partial charge in [0, 0.05) is 12.3 Å². The van der Waals surface area contributed by atoms with Crippen LogP contribution in [-0.2, 0) is 14.6 Å². The second kappa shape index (κ2) is 6.93. The summed E-state index contributed by atoms with van der Waals surface area (Å²) in [7, 11) is -3.42. The van der Waals surface area contributed by atoms with Gasteiger partial charge in [0.25, 0.3) is 0 Å². The third kappa shape index (κ3) is 9.23. The van der Waals surface area contributed by atoms with Crippen molar-refractivity contribution in [2.45, 2.75) is 19.5 Å². The number of halogens is 3. The van der Waals surface area contributed by atoms with Crippen LogP contribution in [0.4, 0.5) is 13.2 Å². The fraction of sp³-hybridized carbons (Fsp3) is 0.889. The largest absolute Gasteiger partial charge is 0.480 e. The Morgan fingerprint density at radius 1 is 1.28 bits per heavy atom. The van der Waals surface area contributed by atoms with E-state index in [1.807, 2.05) is 0 Å². The topological polar surface area (TPSA) is 74.7 Å². The average Bonchev–Trinajstić information content (AvgIpc) is 2.11. The van der Waals surface area contributed by atoms with E-state index in [0.29, 0.717) is 11.3 Å². The summed E-state index contributed by atoms with van der Waals surface area (Å²) in [5.41, 5.74) is 0. The number of carbonyl (C=O) groups is 1. The minimum absolute atomic E-state index is 0.111. The highest BCUT2D eigenvalue weighted by atomic mass is 32.2. The average molecular weight is 291 g/mol. The molecular formula is C9H16F3NO4S. The highest BCUT2D eigenvalue weighted by Crippen LogP contribution is 2.16. The molecule has 0 rings (SSSR count). The van der Waals surface area contributed by atoms with E-state index in [2.05, 4.69) is 0 Å². The number of nitrogens with zero attached hydrogens (tertiary/aromatic N) is 1. The van der Waals surface area contributed by atoms with Crippen LogP contribution in [0.2, 0.25) is 0 Å². The number of hydrogen-bond acceptors (Lipinski definition) is 4. The van der Waals surface area contributed by atoms with Gasteiger partial charge in [-0.15, -0.1) is 0 Å². The van der Waals surface area contributed by atoms with Gasteiger partial charge in [-0.05, 0) is 6.42 Å². The molecule has 0 bridgehead atoms. The molecule has 0 saturated carbocycles. The predicted molar refractivity (Wildman–Crippen MR) is 59.1 cm³/mol. The lowest BCUT2D eigenvalue weighted by molar-refractivity contribution is -0.153. The van der Waals surface area contributed by atoms with Gasteiger partial charge in [0.1, 0.15) is 0 Å². The van der Waals surface area contributed by atoms with Crippen molar-refractivity contribution < 1.29 is 31.5 Å². The summed E-state index contributed by atoms with van der Waals surface area (Å²) in [5, 5.41) is 8.46. The quantitative estimate of drug-likeness (QED) is 0.714. The van der Waals surface area contributed by atoms with Gasteiger partial charge in [-0.3, -0.25) is 9.69 Å². The number of hydrogen-bond donors (Lipinski definition) is 1. The normalized spacial score (nSPS) is 12.9.